The highest BCUT2D eigenvalue weighted by Gasteiger charge is 2.05. The van der Waals surface area contributed by atoms with E-state index in [2.05, 4.69) is 10.1 Å². The number of nitrogens with zero attached hydrogens (tertiary/aromatic N) is 3. The number of aromatic nitrogens is 3. The van der Waals surface area contributed by atoms with Crippen molar-refractivity contribution in [1.29, 1.82) is 0 Å². The molecule has 4 nitrogen and oxygen atoms in total. The van der Waals surface area contributed by atoms with E-state index < -0.39 is 0 Å². The maximum atomic E-state index is 5.90. The summed E-state index contributed by atoms with van der Waals surface area (Å²) in [5, 5.41) is 4.94. The van der Waals surface area contributed by atoms with Crippen molar-refractivity contribution in [3.05, 3.63) is 59.0 Å². The number of hydrogen-bond acceptors (Lipinski definition) is 3. The molecule has 19 heavy (non-hydrogen) atoms. The Hall–Kier alpha value is -2.07. The van der Waals surface area contributed by atoms with Crippen LogP contribution in [0.15, 0.2) is 42.6 Å². The Bertz CT molecular complexity index is 724. The molecule has 0 saturated carbocycles. The maximum Gasteiger partial charge on any atom is 0.189 e. The van der Waals surface area contributed by atoms with E-state index in [0.717, 1.165) is 17.0 Å². The lowest BCUT2D eigenvalue weighted by atomic mass is 10.2. The van der Waals surface area contributed by atoms with Gasteiger partial charge in [-0.25, -0.2) is 9.50 Å². The van der Waals surface area contributed by atoms with Gasteiger partial charge in [-0.2, -0.15) is 0 Å². The van der Waals surface area contributed by atoms with Gasteiger partial charge in [0, 0.05) is 6.20 Å². The fourth-order valence-electron chi connectivity index (χ4n) is 1.83. The number of ether oxygens (including phenoxy) is 1. The third-order valence-electron chi connectivity index (χ3n) is 2.79. The molecule has 1 aromatic carbocycles. The van der Waals surface area contributed by atoms with Crippen LogP contribution < -0.4 is 4.74 Å². The second-order valence-electron chi connectivity index (χ2n) is 4.23. The van der Waals surface area contributed by atoms with Crippen molar-refractivity contribution in [2.24, 2.45) is 0 Å². The number of benzene rings is 1. The van der Waals surface area contributed by atoms with Crippen LogP contribution in [0.5, 0.6) is 5.75 Å². The molecule has 2 aromatic heterocycles. The summed E-state index contributed by atoms with van der Waals surface area (Å²) in [6.07, 6.45) is 1.72. The number of para-hydroxylation sites is 1. The zero-order chi connectivity index (χ0) is 13.2. The Morgan fingerprint density at radius 3 is 2.89 bits per heavy atom. The zero-order valence-corrected chi connectivity index (χ0v) is 11.1. The second-order valence-corrected chi connectivity index (χ2v) is 4.67. The lowest BCUT2D eigenvalue weighted by molar-refractivity contribution is 0.294. The summed E-state index contributed by atoms with van der Waals surface area (Å²) >= 11 is 5.90. The van der Waals surface area contributed by atoms with Gasteiger partial charge in [0.25, 0.3) is 0 Å². The quantitative estimate of drug-likeness (QED) is 0.735. The molecule has 0 spiro atoms. The number of halogens is 1. The molecule has 0 radical (unpaired) electrons. The van der Waals surface area contributed by atoms with Gasteiger partial charge in [-0.15, -0.1) is 5.10 Å². The predicted molar refractivity (Wildman–Crippen MR) is 73.5 cm³/mol. The summed E-state index contributed by atoms with van der Waals surface area (Å²) in [4.78, 5) is 4.37. The van der Waals surface area contributed by atoms with E-state index in [-0.39, 0.29) is 0 Å². The molecule has 2 heterocycles. The smallest absolute Gasteiger partial charge is 0.189 e. The molecule has 3 rings (SSSR count). The zero-order valence-electron chi connectivity index (χ0n) is 10.4. The Kier molecular flexibility index (Phi) is 3.09. The third-order valence-corrected chi connectivity index (χ3v) is 3.01. The lowest BCUT2D eigenvalue weighted by Crippen LogP contribution is -1.99. The van der Waals surface area contributed by atoms with Crippen LogP contribution in [0.4, 0.5) is 0 Å². The molecule has 3 aromatic rings. The van der Waals surface area contributed by atoms with Crippen LogP contribution in [0.3, 0.4) is 0 Å². The predicted octanol–water partition coefficient (Wildman–Crippen LogP) is 3.27. The van der Waals surface area contributed by atoms with Crippen LogP contribution in [0, 0.1) is 6.92 Å². The van der Waals surface area contributed by atoms with E-state index >= 15 is 0 Å². The molecular formula is C14H12ClN3O. The molecular weight excluding hydrogens is 262 g/mol. The van der Waals surface area contributed by atoms with Crippen molar-refractivity contribution < 1.29 is 4.74 Å². The Morgan fingerprint density at radius 1 is 1.21 bits per heavy atom. The summed E-state index contributed by atoms with van der Waals surface area (Å²) in [7, 11) is 0. The monoisotopic (exact) mass is 273 g/mol. The largest absolute Gasteiger partial charge is 0.485 e. The Morgan fingerprint density at radius 2 is 2.05 bits per heavy atom. The summed E-state index contributed by atoms with van der Waals surface area (Å²) in [6.45, 7) is 2.34. The van der Waals surface area contributed by atoms with Gasteiger partial charge >= 0.3 is 0 Å². The fourth-order valence-corrected chi connectivity index (χ4v) is 1.98. The van der Waals surface area contributed by atoms with E-state index in [1.807, 2.05) is 37.3 Å². The first kappa shape index (κ1) is 12.0. The van der Waals surface area contributed by atoms with Crippen LogP contribution in [0.25, 0.3) is 5.65 Å². The van der Waals surface area contributed by atoms with Gasteiger partial charge in [-0.3, -0.25) is 0 Å². The summed E-state index contributed by atoms with van der Waals surface area (Å²) < 4.78 is 7.36. The van der Waals surface area contributed by atoms with Gasteiger partial charge in [0.15, 0.2) is 11.5 Å². The lowest BCUT2D eigenvalue weighted by Gasteiger charge is -2.05. The van der Waals surface area contributed by atoms with Crippen molar-refractivity contribution in [3.63, 3.8) is 0 Å². The number of rotatable bonds is 3. The standard InChI is InChI=1S/C14H12ClN3O/c1-10-4-2-3-5-12(10)19-9-13-16-14-7-6-11(15)8-18(14)17-13/h2-8H,9H2,1H3. The van der Waals surface area contributed by atoms with Gasteiger partial charge < -0.3 is 4.74 Å². The second kappa shape index (κ2) is 4.90. The van der Waals surface area contributed by atoms with Gasteiger partial charge in [0.05, 0.1) is 5.02 Å². The van der Waals surface area contributed by atoms with Crippen molar-refractivity contribution in [3.8, 4) is 5.75 Å². The maximum absolute atomic E-state index is 5.90. The molecule has 0 atom stereocenters. The number of pyridine rings is 1. The average molecular weight is 274 g/mol. The molecule has 0 aliphatic carbocycles. The van der Waals surface area contributed by atoms with Crippen molar-refractivity contribution in [2.75, 3.05) is 0 Å². The van der Waals surface area contributed by atoms with Crippen LogP contribution >= 0.6 is 11.6 Å². The van der Waals surface area contributed by atoms with Crippen molar-refractivity contribution in [1.82, 2.24) is 14.6 Å². The average Bonchev–Trinajstić information content (AvgIpc) is 2.79. The third kappa shape index (κ3) is 2.53. The van der Waals surface area contributed by atoms with Gasteiger partial charge in [0.2, 0.25) is 0 Å². The SMILES string of the molecule is Cc1ccccc1OCc1nc2ccc(Cl)cn2n1. The van der Waals surface area contributed by atoms with Crippen molar-refractivity contribution in [2.45, 2.75) is 13.5 Å². The van der Waals surface area contributed by atoms with Crippen LogP contribution in [-0.4, -0.2) is 14.6 Å². The van der Waals surface area contributed by atoms with E-state index in [0.29, 0.717) is 17.5 Å². The molecule has 0 bridgehead atoms. The Labute approximate surface area is 115 Å². The minimum absolute atomic E-state index is 0.337. The topological polar surface area (TPSA) is 39.4 Å². The van der Waals surface area contributed by atoms with Gasteiger partial charge in [-0.05, 0) is 30.7 Å². The van der Waals surface area contributed by atoms with E-state index in [1.54, 1.807) is 16.8 Å². The van der Waals surface area contributed by atoms with E-state index in [1.165, 1.54) is 0 Å². The first-order valence-electron chi connectivity index (χ1n) is 5.91. The van der Waals surface area contributed by atoms with Gasteiger partial charge in [0.1, 0.15) is 12.4 Å². The first-order chi connectivity index (χ1) is 9.22. The summed E-state index contributed by atoms with van der Waals surface area (Å²) in [5.74, 6) is 1.48. The first-order valence-corrected chi connectivity index (χ1v) is 6.29. The minimum Gasteiger partial charge on any atom is -0.485 e. The molecule has 0 saturated heterocycles. The number of hydrogen-bond donors (Lipinski definition) is 0. The summed E-state index contributed by atoms with van der Waals surface area (Å²) in [6, 6.07) is 11.5. The minimum atomic E-state index is 0.337. The van der Waals surface area contributed by atoms with E-state index in [9.17, 15) is 0 Å². The highest BCUT2D eigenvalue weighted by Crippen LogP contribution is 2.17. The van der Waals surface area contributed by atoms with Crippen LogP contribution in [0.2, 0.25) is 5.02 Å². The molecule has 5 heteroatoms. The Balaban J connectivity index is 1.80. The molecule has 0 amide bonds. The molecule has 0 aliphatic rings. The van der Waals surface area contributed by atoms with Crippen molar-refractivity contribution >= 4 is 17.2 Å². The summed E-state index contributed by atoms with van der Waals surface area (Å²) in [5.41, 5.74) is 1.85. The molecule has 0 fully saturated rings. The molecule has 0 unspecified atom stereocenters. The van der Waals surface area contributed by atoms with Crippen LogP contribution in [-0.2, 0) is 6.61 Å². The molecule has 0 aliphatic heterocycles. The number of fused-ring (bicyclic) bond motifs is 1. The number of aryl methyl sites for hydroxylation is 1. The molecule has 96 valence electrons. The van der Waals surface area contributed by atoms with Crippen LogP contribution in [0.1, 0.15) is 11.4 Å². The highest BCUT2D eigenvalue weighted by atomic mass is 35.5. The fraction of sp³-hybridized carbons (Fsp3) is 0.143. The molecule has 0 N–H and O–H groups in total. The van der Waals surface area contributed by atoms with E-state index in [4.69, 9.17) is 16.3 Å². The van der Waals surface area contributed by atoms with Gasteiger partial charge in [-0.1, -0.05) is 29.8 Å². The highest BCUT2D eigenvalue weighted by molar-refractivity contribution is 6.30. The normalized spacial score (nSPS) is 10.8.